The minimum atomic E-state index is -0.643. The van der Waals surface area contributed by atoms with E-state index in [0.717, 1.165) is 0 Å². The maximum absolute atomic E-state index is 11.6. The lowest BCUT2D eigenvalue weighted by molar-refractivity contribution is -0.384. The highest BCUT2D eigenvalue weighted by Gasteiger charge is 2.33. The number of nitro groups is 1. The first-order chi connectivity index (χ1) is 10.6. The van der Waals surface area contributed by atoms with Crippen LogP contribution in [0, 0.1) is 10.1 Å². The molecule has 1 aromatic carbocycles. The fourth-order valence-corrected chi connectivity index (χ4v) is 2.78. The topological polar surface area (TPSA) is 73.3 Å². The minimum Gasteiger partial charge on any atom is -0.472 e. The second kappa shape index (κ2) is 5.61. The summed E-state index contributed by atoms with van der Waals surface area (Å²) >= 11 is 5.46. The summed E-state index contributed by atoms with van der Waals surface area (Å²) < 4.78 is 5.17. The number of fused-ring (bicyclic) bond motifs is 1. The summed E-state index contributed by atoms with van der Waals surface area (Å²) in [6, 6.07) is 10.6. The van der Waals surface area contributed by atoms with E-state index < -0.39 is 10.2 Å². The van der Waals surface area contributed by atoms with Crippen LogP contribution >= 0.6 is 11.6 Å². The van der Waals surface area contributed by atoms with E-state index >= 15 is 0 Å². The summed E-state index contributed by atoms with van der Waals surface area (Å²) in [7, 11) is 0. The van der Waals surface area contributed by atoms with Crippen molar-refractivity contribution in [3.63, 3.8) is 0 Å². The van der Waals surface area contributed by atoms with Gasteiger partial charge in [-0.15, -0.1) is 0 Å². The molecule has 0 spiro atoms. The third kappa shape index (κ3) is 2.35. The van der Waals surface area contributed by atoms with Gasteiger partial charge in [0.15, 0.2) is 0 Å². The quantitative estimate of drug-likeness (QED) is 0.409. The molecule has 1 aliphatic carbocycles. The maximum atomic E-state index is 11.6. The molecule has 0 unspecified atom stereocenters. The molecule has 3 rings (SSSR count). The van der Waals surface area contributed by atoms with Crippen molar-refractivity contribution in [2.75, 3.05) is 0 Å². The Kier molecular flexibility index (Phi) is 3.65. The maximum Gasteiger partial charge on any atom is 0.282 e. The van der Waals surface area contributed by atoms with Gasteiger partial charge in [0, 0.05) is 11.1 Å². The van der Waals surface area contributed by atoms with E-state index in [1.807, 2.05) is 6.07 Å². The third-order valence-corrected chi connectivity index (χ3v) is 3.60. The van der Waals surface area contributed by atoms with Crippen molar-refractivity contribution in [3.8, 4) is 22.3 Å². The van der Waals surface area contributed by atoms with E-state index in [1.54, 1.807) is 30.3 Å². The van der Waals surface area contributed by atoms with Crippen molar-refractivity contribution >= 4 is 22.5 Å². The monoisotopic (exact) mass is 315 g/mol. The SMILES string of the molecule is O=C(Cl)Cc1c2ccocc-2c(-c2ccccc2)c1[N+](=O)[O-]. The van der Waals surface area contributed by atoms with E-state index in [0.29, 0.717) is 27.8 Å². The van der Waals surface area contributed by atoms with Crippen LogP contribution in [0.3, 0.4) is 0 Å². The highest BCUT2D eigenvalue weighted by molar-refractivity contribution is 6.63. The molecule has 22 heavy (non-hydrogen) atoms. The smallest absolute Gasteiger partial charge is 0.282 e. The zero-order valence-corrected chi connectivity index (χ0v) is 12.0. The molecule has 6 heteroatoms. The van der Waals surface area contributed by atoms with E-state index in [1.165, 1.54) is 12.5 Å². The lowest BCUT2D eigenvalue weighted by atomic mass is 10.0. The van der Waals surface area contributed by atoms with Gasteiger partial charge >= 0.3 is 0 Å². The standard InChI is InChI=1S/C16H10ClNO4/c17-14(19)8-12-11-6-7-22-9-13(11)15(16(12)18(20)21)10-4-2-1-3-5-10/h1-7,9H,8H2. The summed E-state index contributed by atoms with van der Waals surface area (Å²) in [6.45, 7) is 0. The number of nitrogens with zero attached hydrogens (tertiary/aromatic N) is 1. The largest absolute Gasteiger partial charge is 0.472 e. The Balaban J connectivity index is 2.38. The molecule has 0 aromatic heterocycles. The predicted octanol–water partition coefficient (Wildman–Crippen LogP) is 4.27. The Morgan fingerprint density at radius 3 is 2.55 bits per heavy atom. The van der Waals surface area contributed by atoms with Crippen LogP contribution in [0.5, 0.6) is 0 Å². The Bertz CT molecular complexity index is 826. The van der Waals surface area contributed by atoms with Gasteiger partial charge in [0.2, 0.25) is 5.24 Å². The molecule has 1 aromatic rings. The highest BCUT2D eigenvalue weighted by atomic mass is 35.5. The number of halogens is 1. The van der Waals surface area contributed by atoms with Crippen LogP contribution in [-0.2, 0) is 11.2 Å². The van der Waals surface area contributed by atoms with Gasteiger partial charge in [-0.2, -0.15) is 0 Å². The van der Waals surface area contributed by atoms with E-state index in [-0.39, 0.29) is 12.1 Å². The Hall–Kier alpha value is -2.66. The molecule has 2 aliphatic rings. The van der Waals surface area contributed by atoms with Crippen molar-refractivity contribution in [1.29, 1.82) is 0 Å². The van der Waals surface area contributed by atoms with Gasteiger partial charge in [-0.3, -0.25) is 14.9 Å². The molecule has 0 saturated carbocycles. The van der Waals surface area contributed by atoms with Crippen molar-refractivity contribution in [2.45, 2.75) is 6.42 Å². The molecule has 0 fully saturated rings. The van der Waals surface area contributed by atoms with Crippen molar-refractivity contribution in [1.82, 2.24) is 0 Å². The van der Waals surface area contributed by atoms with Crippen LogP contribution in [0.25, 0.3) is 22.3 Å². The summed E-state index contributed by atoms with van der Waals surface area (Å²) in [5.74, 6) is 0. The molecule has 0 amide bonds. The number of rotatable bonds is 4. The predicted molar refractivity (Wildman–Crippen MR) is 82.0 cm³/mol. The molecule has 0 radical (unpaired) electrons. The Morgan fingerprint density at radius 1 is 1.18 bits per heavy atom. The number of carbonyl (C=O) groups excluding carboxylic acids is 1. The fraction of sp³-hybridized carbons (Fsp3) is 0.0625. The molecule has 1 aliphatic heterocycles. The molecule has 1 heterocycles. The zero-order valence-electron chi connectivity index (χ0n) is 11.3. The van der Waals surface area contributed by atoms with Crippen LogP contribution < -0.4 is 0 Å². The average molecular weight is 316 g/mol. The average Bonchev–Trinajstić information content (AvgIpc) is 2.82. The zero-order chi connectivity index (χ0) is 15.7. The number of carbonyl (C=O) groups is 1. The van der Waals surface area contributed by atoms with Crippen LogP contribution in [0.4, 0.5) is 5.69 Å². The Labute approximate surface area is 130 Å². The Morgan fingerprint density at radius 2 is 1.91 bits per heavy atom. The van der Waals surface area contributed by atoms with Crippen LogP contribution in [0.1, 0.15) is 5.56 Å². The van der Waals surface area contributed by atoms with Gasteiger partial charge in [0.05, 0.1) is 29.4 Å². The molecule has 0 atom stereocenters. The van der Waals surface area contributed by atoms with E-state index in [2.05, 4.69) is 0 Å². The van der Waals surface area contributed by atoms with Crippen LogP contribution in [0.2, 0.25) is 0 Å². The molecule has 5 nitrogen and oxygen atoms in total. The van der Waals surface area contributed by atoms with E-state index in [4.69, 9.17) is 16.0 Å². The minimum absolute atomic E-state index is 0.100. The van der Waals surface area contributed by atoms with Gasteiger partial charge < -0.3 is 4.42 Å². The lowest BCUT2D eigenvalue weighted by Crippen LogP contribution is -1.98. The molecule has 0 bridgehead atoms. The molecular formula is C16H10ClNO4. The first-order valence-corrected chi connectivity index (χ1v) is 6.86. The van der Waals surface area contributed by atoms with Crippen LogP contribution in [-0.4, -0.2) is 10.2 Å². The number of benzene rings is 1. The lowest BCUT2D eigenvalue weighted by Gasteiger charge is -2.02. The van der Waals surface area contributed by atoms with Gasteiger partial charge in [-0.1, -0.05) is 30.3 Å². The van der Waals surface area contributed by atoms with Gasteiger partial charge in [-0.25, -0.2) is 0 Å². The van der Waals surface area contributed by atoms with Crippen molar-refractivity contribution < 1.29 is 14.1 Å². The highest BCUT2D eigenvalue weighted by Crippen LogP contribution is 2.47. The van der Waals surface area contributed by atoms with Gasteiger partial charge in [0.1, 0.15) is 0 Å². The van der Waals surface area contributed by atoms with E-state index in [9.17, 15) is 14.9 Å². The summed E-state index contributed by atoms with van der Waals surface area (Å²) in [6.07, 6.45) is 2.67. The normalized spacial score (nSPS) is 10.8. The van der Waals surface area contributed by atoms with Crippen LogP contribution in [0.15, 0.2) is 53.3 Å². The number of hydrogen-bond donors (Lipinski definition) is 0. The summed E-state index contributed by atoms with van der Waals surface area (Å²) in [5.41, 5.74) is 2.54. The van der Waals surface area contributed by atoms with Gasteiger partial charge in [-0.05, 0) is 28.8 Å². The second-order valence-electron chi connectivity index (χ2n) is 4.74. The van der Waals surface area contributed by atoms with Crippen molar-refractivity contribution in [2.24, 2.45) is 0 Å². The number of hydrogen-bond acceptors (Lipinski definition) is 4. The third-order valence-electron chi connectivity index (χ3n) is 3.47. The first kappa shape index (κ1) is 14.3. The van der Waals surface area contributed by atoms with Crippen molar-refractivity contribution in [3.05, 3.63) is 64.6 Å². The molecule has 0 saturated heterocycles. The fourth-order valence-electron chi connectivity index (χ4n) is 2.65. The first-order valence-electron chi connectivity index (χ1n) is 6.48. The summed E-state index contributed by atoms with van der Waals surface area (Å²) in [4.78, 5) is 22.4. The molecular weight excluding hydrogens is 306 g/mol. The molecule has 0 N–H and O–H groups in total. The molecule has 110 valence electrons. The second-order valence-corrected chi connectivity index (χ2v) is 5.16. The van der Waals surface area contributed by atoms with Gasteiger partial charge in [0.25, 0.3) is 5.69 Å². The summed E-state index contributed by atoms with van der Waals surface area (Å²) in [5, 5.41) is 10.9.